The van der Waals surface area contributed by atoms with Crippen LogP contribution in [0.3, 0.4) is 0 Å². The van der Waals surface area contributed by atoms with Gasteiger partial charge in [0, 0.05) is 25.9 Å². The Hall–Kier alpha value is -2.30. The lowest BCUT2D eigenvalue weighted by molar-refractivity contribution is 0.632. The lowest BCUT2D eigenvalue weighted by Gasteiger charge is -2.43. The molecule has 188 valence electrons. The summed E-state index contributed by atoms with van der Waals surface area (Å²) in [6.07, 6.45) is 7.35. The summed E-state index contributed by atoms with van der Waals surface area (Å²) in [5, 5.41) is 3.21. The Morgan fingerprint density at radius 2 is 1.08 bits per heavy atom. The predicted molar refractivity (Wildman–Crippen MR) is 163 cm³/mol. The van der Waals surface area contributed by atoms with Crippen molar-refractivity contribution in [3.05, 3.63) is 131 Å². The van der Waals surface area contributed by atoms with E-state index < -0.39 is 16.1 Å². The fraction of sp³-hybridized carbons (Fsp3) is 0.294. The molecule has 6 rings (SSSR count). The Morgan fingerprint density at radius 3 is 1.57 bits per heavy atom. The van der Waals surface area contributed by atoms with Gasteiger partial charge in [0.1, 0.15) is 0 Å². The Labute approximate surface area is 225 Å². The number of rotatable bonds is 7. The first-order valence-electron chi connectivity index (χ1n) is 14.0. The third-order valence-electron chi connectivity index (χ3n) is 8.03. The number of unbranched alkanes of at least 4 members (excludes halogenated alkanes) is 1. The molecule has 0 spiro atoms. The number of hydrogen-bond donors (Lipinski definition) is 0. The van der Waals surface area contributed by atoms with Crippen LogP contribution in [-0.2, 0) is 12.8 Å². The Kier molecular flexibility index (Phi) is 7.85. The van der Waals surface area contributed by atoms with E-state index in [0.29, 0.717) is 11.3 Å². The number of benzene rings is 4. The lowest BCUT2D eigenvalue weighted by atomic mass is 10.0. The molecule has 0 saturated carbocycles. The number of aryl methyl sites for hydroxylation is 2. The minimum atomic E-state index is -0.588. The molecule has 0 amide bonds. The Balaban J connectivity index is 1.54. The highest BCUT2D eigenvalue weighted by Crippen LogP contribution is 2.76. The van der Waals surface area contributed by atoms with Crippen LogP contribution in [0, 0.1) is 0 Å². The maximum absolute atomic E-state index is 3.08. The quantitative estimate of drug-likeness (QED) is 0.220. The van der Waals surface area contributed by atoms with Gasteiger partial charge in [-0.3, -0.25) is 4.44 Å². The smallest absolute Gasteiger partial charge is 0.0324 e. The standard InChI is InChI=1S/C34H37NP2/c1-2-3-26-35(36-31-20-12-10-18-29(31)22-23-30-19-11-13-21-32(30)36)37-33(27-14-6-4-7-15-27)24-25-34(37)28-16-8-5-9-17-28/h4-21,33-34H,2-3,22-26H2,1H3/t33-,34-/m1/s1. The van der Waals surface area contributed by atoms with Gasteiger partial charge in [-0.15, -0.1) is 0 Å². The Morgan fingerprint density at radius 1 is 0.622 bits per heavy atom. The van der Waals surface area contributed by atoms with E-state index in [2.05, 4.69) is 121 Å². The van der Waals surface area contributed by atoms with Crippen LogP contribution in [-0.4, -0.2) is 11.0 Å². The molecule has 37 heavy (non-hydrogen) atoms. The zero-order chi connectivity index (χ0) is 25.0. The van der Waals surface area contributed by atoms with Crippen LogP contribution in [0.2, 0.25) is 0 Å². The van der Waals surface area contributed by atoms with Crippen LogP contribution in [0.15, 0.2) is 109 Å². The van der Waals surface area contributed by atoms with Crippen LogP contribution in [0.25, 0.3) is 0 Å². The van der Waals surface area contributed by atoms with Crippen LogP contribution in [0.1, 0.15) is 66.2 Å². The molecule has 1 fully saturated rings. The van der Waals surface area contributed by atoms with Gasteiger partial charge >= 0.3 is 0 Å². The van der Waals surface area contributed by atoms with E-state index in [1.807, 2.05) is 0 Å². The van der Waals surface area contributed by atoms with Crippen LogP contribution in [0.5, 0.6) is 0 Å². The molecule has 2 aliphatic rings. The summed E-state index contributed by atoms with van der Waals surface area (Å²) in [7, 11) is -1.01. The average molecular weight is 522 g/mol. The lowest BCUT2D eigenvalue weighted by Crippen LogP contribution is -2.29. The van der Waals surface area contributed by atoms with E-state index >= 15 is 0 Å². The zero-order valence-corrected chi connectivity index (χ0v) is 23.6. The van der Waals surface area contributed by atoms with Gasteiger partial charge in [0.15, 0.2) is 0 Å². The van der Waals surface area contributed by atoms with Crippen LogP contribution >= 0.6 is 16.1 Å². The summed E-state index contributed by atoms with van der Waals surface area (Å²) in [6, 6.07) is 41.7. The van der Waals surface area contributed by atoms with E-state index in [-0.39, 0.29) is 0 Å². The van der Waals surface area contributed by atoms with Crippen molar-refractivity contribution in [2.45, 2.75) is 56.8 Å². The van der Waals surface area contributed by atoms with Gasteiger partial charge in [0.2, 0.25) is 0 Å². The van der Waals surface area contributed by atoms with Crippen molar-refractivity contribution in [1.29, 1.82) is 0 Å². The van der Waals surface area contributed by atoms with Gasteiger partial charge in [-0.2, -0.15) is 0 Å². The van der Waals surface area contributed by atoms with Crippen molar-refractivity contribution in [3.8, 4) is 0 Å². The summed E-state index contributed by atoms with van der Waals surface area (Å²) in [4.78, 5) is 0. The molecule has 0 bridgehead atoms. The fourth-order valence-corrected chi connectivity index (χ4v) is 14.1. The van der Waals surface area contributed by atoms with E-state index in [1.54, 1.807) is 32.9 Å². The summed E-state index contributed by atoms with van der Waals surface area (Å²) in [6.45, 7) is 3.54. The molecule has 1 saturated heterocycles. The van der Waals surface area contributed by atoms with Crippen molar-refractivity contribution < 1.29 is 0 Å². The SMILES string of the molecule is CCCCN(P1c2ccccc2CCc2ccccc21)P1[C@@H](c2ccccc2)CC[C@@H]1c1ccccc1. The van der Waals surface area contributed by atoms with Crippen molar-refractivity contribution in [3.63, 3.8) is 0 Å². The molecule has 2 heterocycles. The third-order valence-corrected chi connectivity index (χ3v) is 14.8. The van der Waals surface area contributed by atoms with Gasteiger partial charge in [0.25, 0.3) is 0 Å². The van der Waals surface area contributed by atoms with Gasteiger partial charge in [-0.1, -0.05) is 123 Å². The first-order chi connectivity index (χ1) is 18.3. The first-order valence-corrected chi connectivity index (χ1v) is 16.7. The van der Waals surface area contributed by atoms with E-state index in [0.717, 1.165) is 12.8 Å². The highest BCUT2D eigenvalue weighted by molar-refractivity contribution is 7.79. The van der Waals surface area contributed by atoms with Crippen LogP contribution < -0.4 is 10.6 Å². The summed E-state index contributed by atoms with van der Waals surface area (Å²) >= 11 is 0. The summed E-state index contributed by atoms with van der Waals surface area (Å²) < 4.78 is 3.08. The molecular weight excluding hydrogens is 484 g/mol. The van der Waals surface area contributed by atoms with Gasteiger partial charge in [-0.05, 0) is 73.0 Å². The summed E-state index contributed by atoms with van der Waals surface area (Å²) in [5.74, 6) is 0. The van der Waals surface area contributed by atoms with Crippen molar-refractivity contribution in [2.75, 3.05) is 6.54 Å². The van der Waals surface area contributed by atoms with E-state index in [9.17, 15) is 0 Å². The molecule has 4 aromatic carbocycles. The molecule has 0 radical (unpaired) electrons. The molecule has 4 aromatic rings. The Bertz CT molecular complexity index is 1210. The minimum absolute atomic E-state index is 0.421. The monoisotopic (exact) mass is 521 g/mol. The molecule has 0 aliphatic carbocycles. The van der Waals surface area contributed by atoms with Crippen molar-refractivity contribution in [2.24, 2.45) is 0 Å². The molecule has 0 N–H and O–H groups in total. The molecule has 0 unspecified atom stereocenters. The van der Waals surface area contributed by atoms with E-state index in [1.165, 1.54) is 32.2 Å². The zero-order valence-electron chi connectivity index (χ0n) is 21.8. The number of hydrogen-bond acceptors (Lipinski definition) is 1. The van der Waals surface area contributed by atoms with Crippen molar-refractivity contribution in [1.82, 2.24) is 4.44 Å². The van der Waals surface area contributed by atoms with Gasteiger partial charge in [-0.25, -0.2) is 0 Å². The maximum atomic E-state index is 3.08. The average Bonchev–Trinajstić information content (AvgIpc) is 3.33. The second kappa shape index (κ2) is 11.6. The second-order valence-corrected chi connectivity index (χ2v) is 15.2. The maximum Gasteiger partial charge on any atom is 0.0324 e. The number of nitrogens with zero attached hydrogens (tertiary/aromatic N) is 1. The van der Waals surface area contributed by atoms with Crippen molar-refractivity contribution >= 4 is 26.8 Å². The predicted octanol–water partition coefficient (Wildman–Crippen LogP) is 8.91. The van der Waals surface area contributed by atoms with Gasteiger partial charge < -0.3 is 0 Å². The van der Waals surface area contributed by atoms with E-state index in [4.69, 9.17) is 0 Å². The van der Waals surface area contributed by atoms with Gasteiger partial charge in [0.05, 0.1) is 0 Å². The fourth-order valence-electron chi connectivity index (χ4n) is 6.23. The third kappa shape index (κ3) is 5.07. The minimum Gasteiger partial charge on any atom is -0.251 e. The summed E-state index contributed by atoms with van der Waals surface area (Å²) in [5.41, 5.74) is 7.44. The molecular formula is C34H37NP2. The molecule has 2 atom stereocenters. The second-order valence-electron chi connectivity index (χ2n) is 10.3. The topological polar surface area (TPSA) is 3.24 Å². The molecule has 2 aliphatic heterocycles. The highest BCUT2D eigenvalue weighted by Gasteiger charge is 2.44. The first kappa shape index (κ1) is 25.0. The van der Waals surface area contributed by atoms with Crippen LogP contribution in [0.4, 0.5) is 0 Å². The largest absolute Gasteiger partial charge is 0.251 e. The molecule has 1 nitrogen and oxygen atoms in total. The highest BCUT2D eigenvalue weighted by atomic mass is 31.2. The number of fused-ring (bicyclic) bond motifs is 2. The molecule has 3 heteroatoms. The molecule has 0 aromatic heterocycles. The normalized spacial score (nSPS) is 19.9.